The highest BCUT2D eigenvalue weighted by atomic mass is 16.3. The maximum Gasteiger partial charge on any atom is 0.0940 e. The van der Waals surface area contributed by atoms with Crippen LogP contribution in [0, 0.1) is 17.8 Å². The van der Waals surface area contributed by atoms with Crippen LogP contribution in [0.3, 0.4) is 0 Å². The van der Waals surface area contributed by atoms with Gasteiger partial charge in [-0.2, -0.15) is 0 Å². The van der Waals surface area contributed by atoms with Gasteiger partial charge in [-0.25, -0.2) is 0 Å². The van der Waals surface area contributed by atoms with Gasteiger partial charge in [0.2, 0.25) is 0 Å². The molecule has 4 aliphatic carbocycles. The van der Waals surface area contributed by atoms with Gasteiger partial charge in [-0.3, -0.25) is 0 Å². The molecule has 4 saturated carbocycles. The molecule has 1 aromatic heterocycles. The third-order valence-electron chi connectivity index (χ3n) is 5.17. The van der Waals surface area contributed by atoms with E-state index in [2.05, 4.69) is 6.07 Å². The fourth-order valence-electron chi connectivity index (χ4n) is 5.03. The lowest BCUT2D eigenvalue weighted by molar-refractivity contribution is -0.00542. The summed E-state index contributed by atoms with van der Waals surface area (Å²) in [5.41, 5.74) is 2.03. The molecule has 15 heavy (non-hydrogen) atoms. The van der Waals surface area contributed by atoms with E-state index >= 15 is 0 Å². The first-order valence-corrected chi connectivity index (χ1v) is 6.37. The molecule has 0 amide bonds. The molecule has 0 unspecified atom stereocenters. The first-order valence-electron chi connectivity index (χ1n) is 6.37. The van der Waals surface area contributed by atoms with Crippen LogP contribution in [-0.4, -0.2) is 0 Å². The standard InChI is InChI=1S/C14H18O/c1-2-15-9-13(1)14-6-10-3-11(7-14)5-12(4-10)8-14/h1-2,9-12H,3-8H2. The van der Waals surface area contributed by atoms with Crippen molar-refractivity contribution in [2.75, 3.05) is 0 Å². The van der Waals surface area contributed by atoms with E-state index in [0.717, 1.165) is 17.8 Å². The molecule has 0 spiro atoms. The lowest BCUT2D eigenvalue weighted by atomic mass is 9.48. The van der Waals surface area contributed by atoms with Crippen LogP contribution in [-0.2, 0) is 5.41 Å². The minimum absolute atomic E-state index is 0.530. The van der Waals surface area contributed by atoms with Gasteiger partial charge in [0.15, 0.2) is 0 Å². The Morgan fingerprint density at radius 1 is 1.00 bits per heavy atom. The summed E-state index contributed by atoms with van der Waals surface area (Å²) in [6.45, 7) is 0. The van der Waals surface area contributed by atoms with Crippen molar-refractivity contribution in [2.45, 2.75) is 43.9 Å². The van der Waals surface area contributed by atoms with Crippen molar-refractivity contribution in [2.24, 2.45) is 17.8 Å². The molecule has 1 heteroatoms. The Morgan fingerprint density at radius 3 is 2.07 bits per heavy atom. The number of hydrogen-bond donors (Lipinski definition) is 0. The van der Waals surface area contributed by atoms with E-state index in [9.17, 15) is 0 Å². The van der Waals surface area contributed by atoms with Crippen molar-refractivity contribution in [3.63, 3.8) is 0 Å². The second kappa shape index (κ2) is 2.69. The van der Waals surface area contributed by atoms with Crippen molar-refractivity contribution in [3.05, 3.63) is 24.2 Å². The third-order valence-corrected chi connectivity index (χ3v) is 5.17. The zero-order valence-corrected chi connectivity index (χ0v) is 9.11. The molecule has 0 atom stereocenters. The van der Waals surface area contributed by atoms with Crippen molar-refractivity contribution in [3.8, 4) is 0 Å². The molecular weight excluding hydrogens is 184 g/mol. The average molecular weight is 202 g/mol. The van der Waals surface area contributed by atoms with E-state index < -0.39 is 0 Å². The summed E-state index contributed by atoms with van der Waals surface area (Å²) in [7, 11) is 0. The van der Waals surface area contributed by atoms with Gasteiger partial charge in [0, 0.05) is 0 Å². The van der Waals surface area contributed by atoms with E-state index in [-0.39, 0.29) is 0 Å². The number of rotatable bonds is 1. The lowest BCUT2D eigenvalue weighted by Gasteiger charge is -2.56. The Bertz CT molecular complexity index is 327. The molecule has 0 saturated heterocycles. The second-order valence-corrected chi connectivity index (χ2v) is 6.21. The Labute approximate surface area is 90.9 Å². The largest absolute Gasteiger partial charge is 0.472 e. The second-order valence-electron chi connectivity index (χ2n) is 6.21. The van der Waals surface area contributed by atoms with E-state index in [4.69, 9.17) is 4.42 Å². The molecule has 0 aromatic carbocycles. The molecular formula is C14H18O. The Balaban J connectivity index is 1.77. The normalized spacial score (nSPS) is 47.3. The minimum Gasteiger partial charge on any atom is -0.472 e. The Kier molecular flexibility index (Phi) is 1.51. The van der Waals surface area contributed by atoms with Crippen molar-refractivity contribution in [1.82, 2.24) is 0 Å². The average Bonchev–Trinajstić information content (AvgIpc) is 2.67. The predicted octanol–water partition coefficient (Wildman–Crippen LogP) is 3.75. The number of furan rings is 1. The fourth-order valence-corrected chi connectivity index (χ4v) is 5.03. The summed E-state index contributed by atoms with van der Waals surface area (Å²) in [4.78, 5) is 0. The van der Waals surface area contributed by atoms with E-state index in [1.165, 1.54) is 44.1 Å². The van der Waals surface area contributed by atoms with Gasteiger partial charge >= 0.3 is 0 Å². The van der Waals surface area contributed by atoms with Crippen LogP contribution in [0.15, 0.2) is 23.0 Å². The van der Waals surface area contributed by atoms with Crippen molar-refractivity contribution in [1.29, 1.82) is 0 Å². The third kappa shape index (κ3) is 1.10. The molecule has 5 rings (SSSR count). The molecule has 0 N–H and O–H groups in total. The van der Waals surface area contributed by atoms with Gasteiger partial charge in [0.25, 0.3) is 0 Å². The monoisotopic (exact) mass is 202 g/mol. The van der Waals surface area contributed by atoms with Crippen LogP contribution in [0.2, 0.25) is 0 Å². The molecule has 0 aliphatic heterocycles. The fraction of sp³-hybridized carbons (Fsp3) is 0.714. The highest BCUT2D eigenvalue weighted by Crippen LogP contribution is 2.60. The van der Waals surface area contributed by atoms with Crippen LogP contribution >= 0.6 is 0 Å². The van der Waals surface area contributed by atoms with Gasteiger partial charge in [-0.05, 0) is 73.3 Å². The highest BCUT2D eigenvalue weighted by molar-refractivity contribution is 5.25. The summed E-state index contributed by atoms with van der Waals surface area (Å²) in [6.07, 6.45) is 12.8. The lowest BCUT2D eigenvalue weighted by Crippen LogP contribution is -2.48. The van der Waals surface area contributed by atoms with Gasteiger partial charge < -0.3 is 4.42 Å². The maximum atomic E-state index is 5.30. The van der Waals surface area contributed by atoms with E-state index in [0.29, 0.717) is 5.41 Å². The zero-order chi connectivity index (χ0) is 9.88. The van der Waals surface area contributed by atoms with E-state index in [1.807, 2.05) is 12.5 Å². The van der Waals surface area contributed by atoms with Gasteiger partial charge in [0.05, 0.1) is 12.5 Å². The highest BCUT2D eigenvalue weighted by Gasteiger charge is 2.51. The topological polar surface area (TPSA) is 13.1 Å². The molecule has 4 bridgehead atoms. The molecule has 1 aromatic rings. The summed E-state index contributed by atoms with van der Waals surface area (Å²) in [5, 5.41) is 0. The predicted molar refractivity (Wildman–Crippen MR) is 58.6 cm³/mol. The van der Waals surface area contributed by atoms with Crippen LogP contribution in [0.1, 0.15) is 44.1 Å². The van der Waals surface area contributed by atoms with Crippen LogP contribution < -0.4 is 0 Å². The zero-order valence-electron chi connectivity index (χ0n) is 9.11. The number of hydrogen-bond acceptors (Lipinski definition) is 1. The molecule has 1 nitrogen and oxygen atoms in total. The summed E-state index contributed by atoms with van der Waals surface area (Å²) in [5.74, 6) is 3.10. The molecule has 80 valence electrons. The first-order chi connectivity index (χ1) is 7.34. The van der Waals surface area contributed by atoms with Crippen molar-refractivity contribution >= 4 is 0 Å². The summed E-state index contributed by atoms with van der Waals surface area (Å²) < 4.78 is 5.30. The molecule has 4 fully saturated rings. The summed E-state index contributed by atoms with van der Waals surface area (Å²) in [6, 6.07) is 2.22. The Hall–Kier alpha value is -0.720. The van der Waals surface area contributed by atoms with Crippen molar-refractivity contribution < 1.29 is 4.42 Å². The quantitative estimate of drug-likeness (QED) is 0.676. The maximum absolute atomic E-state index is 5.30. The summed E-state index contributed by atoms with van der Waals surface area (Å²) >= 11 is 0. The van der Waals surface area contributed by atoms with Gasteiger partial charge in [-0.15, -0.1) is 0 Å². The van der Waals surface area contributed by atoms with Gasteiger partial charge in [-0.1, -0.05) is 0 Å². The molecule has 0 radical (unpaired) electrons. The molecule has 1 heterocycles. The first kappa shape index (κ1) is 8.43. The molecule has 4 aliphatic rings. The van der Waals surface area contributed by atoms with E-state index in [1.54, 1.807) is 0 Å². The van der Waals surface area contributed by atoms with Gasteiger partial charge in [0.1, 0.15) is 0 Å². The van der Waals surface area contributed by atoms with Crippen LogP contribution in [0.25, 0.3) is 0 Å². The van der Waals surface area contributed by atoms with Crippen LogP contribution in [0.5, 0.6) is 0 Å². The minimum atomic E-state index is 0.530. The SMILES string of the molecule is c1cc(C23CC4CC(CC(C4)C2)C3)co1. The van der Waals surface area contributed by atoms with Crippen LogP contribution in [0.4, 0.5) is 0 Å². The Morgan fingerprint density at radius 2 is 1.60 bits per heavy atom. The smallest absolute Gasteiger partial charge is 0.0940 e.